The van der Waals surface area contributed by atoms with Gasteiger partial charge in [-0.15, -0.1) is 0 Å². The number of imidazole rings is 1. The van der Waals surface area contributed by atoms with Crippen LogP contribution in [0.4, 0.5) is 4.39 Å². The van der Waals surface area contributed by atoms with Gasteiger partial charge in [-0.25, -0.2) is 14.4 Å². The van der Waals surface area contributed by atoms with Gasteiger partial charge in [0.05, 0.1) is 30.3 Å². The van der Waals surface area contributed by atoms with E-state index in [1.165, 1.54) is 12.1 Å². The summed E-state index contributed by atoms with van der Waals surface area (Å²) in [5, 5.41) is 0. The molecule has 5 rings (SSSR count). The molecular formula is C21H19FN4O3. The lowest BCUT2D eigenvalue weighted by Gasteiger charge is -2.22. The Labute approximate surface area is 166 Å². The lowest BCUT2D eigenvalue weighted by molar-refractivity contribution is -0.165. The summed E-state index contributed by atoms with van der Waals surface area (Å²) in [6.07, 6.45) is 3.23. The molecule has 1 aliphatic carbocycles. The van der Waals surface area contributed by atoms with E-state index in [0.717, 1.165) is 24.0 Å². The van der Waals surface area contributed by atoms with E-state index < -0.39 is 6.29 Å². The maximum absolute atomic E-state index is 13.4. The fourth-order valence-electron chi connectivity index (χ4n) is 3.01. The van der Waals surface area contributed by atoms with Gasteiger partial charge < -0.3 is 19.2 Å². The summed E-state index contributed by atoms with van der Waals surface area (Å²) in [5.74, 6) is 0.195. The monoisotopic (exact) mass is 394 g/mol. The highest BCUT2D eigenvalue weighted by atomic mass is 19.1. The number of hydrogen-bond acceptors (Lipinski definition) is 6. The Morgan fingerprint density at radius 1 is 1.07 bits per heavy atom. The van der Waals surface area contributed by atoms with Gasteiger partial charge >= 0.3 is 6.01 Å². The largest absolute Gasteiger partial charge is 0.460 e. The highest BCUT2D eigenvalue weighted by Gasteiger charge is 2.27. The summed E-state index contributed by atoms with van der Waals surface area (Å²) < 4.78 is 30.5. The standard InChI is InChI=1S/C21H19FN4O3/c1-12-10-27-20(28-11-12)19-25-17(13-2-4-14(22)5-3-13)18(26-19)16-8-9-23-21(24-16)29-15-6-7-15/h2-5,8-9,15,20H,1,6-7,10-11H2,(H,25,26). The summed E-state index contributed by atoms with van der Waals surface area (Å²) in [6, 6.07) is 8.24. The normalized spacial score (nSPS) is 17.5. The minimum atomic E-state index is -0.641. The van der Waals surface area contributed by atoms with Gasteiger partial charge in [0.15, 0.2) is 5.82 Å². The first-order valence-electron chi connectivity index (χ1n) is 9.41. The van der Waals surface area contributed by atoms with Crippen LogP contribution in [-0.4, -0.2) is 39.3 Å². The van der Waals surface area contributed by atoms with Crippen molar-refractivity contribution in [1.82, 2.24) is 19.9 Å². The van der Waals surface area contributed by atoms with Crippen LogP contribution in [0.1, 0.15) is 25.0 Å². The second-order valence-corrected chi connectivity index (χ2v) is 7.10. The van der Waals surface area contributed by atoms with Gasteiger partial charge in [0, 0.05) is 11.8 Å². The van der Waals surface area contributed by atoms with Crippen molar-refractivity contribution < 1.29 is 18.6 Å². The van der Waals surface area contributed by atoms with Gasteiger partial charge in [-0.05, 0) is 48.7 Å². The molecule has 1 saturated carbocycles. The van der Waals surface area contributed by atoms with Crippen molar-refractivity contribution in [2.75, 3.05) is 13.2 Å². The van der Waals surface area contributed by atoms with Crippen LogP contribution in [0, 0.1) is 5.82 Å². The molecule has 0 unspecified atom stereocenters. The number of H-pyrrole nitrogens is 1. The van der Waals surface area contributed by atoms with Crippen LogP contribution < -0.4 is 4.74 Å². The zero-order valence-corrected chi connectivity index (χ0v) is 15.6. The Morgan fingerprint density at radius 2 is 1.83 bits per heavy atom. The Balaban J connectivity index is 1.55. The van der Waals surface area contributed by atoms with E-state index >= 15 is 0 Å². The van der Waals surface area contributed by atoms with E-state index in [-0.39, 0.29) is 11.9 Å². The smallest absolute Gasteiger partial charge is 0.317 e. The number of rotatable bonds is 5. The van der Waals surface area contributed by atoms with Gasteiger partial charge in [0.2, 0.25) is 6.29 Å². The summed E-state index contributed by atoms with van der Waals surface area (Å²) in [4.78, 5) is 16.7. The van der Waals surface area contributed by atoms with Crippen LogP contribution in [0.3, 0.4) is 0 Å². The van der Waals surface area contributed by atoms with Crippen LogP contribution in [0.5, 0.6) is 6.01 Å². The van der Waals surface area contributed by atoms with E-state index in [4.69, 9.17) is 14.2 Å². The van der Waals surface area contributed by atoms with E-state index in [1.807, 2.05) is 0 Å². The van der Waals surface area contributed by atoms with Crippen molar-refractivity contribution in [1.29, 1.82) is 0 Å². The zero-order valence-electron chi connectivity index (χ0n) is 15.6. The van der Waals surface area contributed by atoms with Crippen molar-refractivity contribution in [3.05, 3.63) is 60.3 Å². The third-order valence-electron chi connectivity index (χ3n) is 4.63. The fraction of sp³-hybridized carbons (Fsp3) is 0.286. The van der Waals surface area contributed by atoms with Gasteiger partial charge in [0.25, 0.3) is 0 Å². The van der Waals surface area contributed by atoms with Crippen molar-refractivity contribution in [2.24, 2.45) is 0 Å². The Bertz CT molecular complexity index is 1040. The molecule has 0 radical (unpaired) electrons. The molecule has 3 aromatic rings. The fourth-order valence-corrected chi connectivity index (χ4v) is 3.01. The molecule has 7 nitrogen and oxygen atoms in total. The molecule has 2 aliphatic rings. The number of aromatic nitrogens is 4. The van der Waals surface area contributed by atoms with Crippen LogP contribution in [-0.2, 0) is 9.47 Å². The summed E-state index contributed by atoms with van der Waals surface area (Å²) in [5.41, 5.74) is 3.50. The molecule has 1 aromatic carbocycles. The molecule has 0 atom stereocenters. The predicted octanol–water partition coefficient (Wildman–Crippen LogP) is 3.82. The number of benzene rings is 1. The molecule has 2 fully saturated rings. The quantitative estimate of drug-likeness (QED) is 0.663. The summed E-state index contributed by atoms with van der Waals surface area (Å²) >= 11 is 0. The van der Waals surface area contributed by atoms with Crippen molar-refractivity contribution in [2.45, 2.75) is 25.2 Å². The molecular weight excluding hydrogens is 375 g/mol. The first-order valence-corrected chi connectivity index (χ1v) is 9.41. The van der Waals surface area contributed by atoms with Crippen LogP contribution in [0.25, 0.3) is 22.6 Å². The lowest BCUT2D eigenvalue weighted by Crippen LogP contribution is -2.20. The molecule has 3 heterocycles. The molecule has 1 aliphatic heterocycles. The topological polar surface area (TPSA) is 82.2 Å². The van der Waals surface area contributed by atoms with Gasteiger partial charge in [0.1, 0.15) is 11.9 Å². The Kier molecular flexibility index (Phi) is 4.57. The first kappa shape index (κ1) is 18.0. The third-order valence-corrected chi connectivity index (χ3v) is 4.63. The Morgan fingerprint density at radius 3 is 2.55 bits per heavy atom. The van der Waals surface area contributed by atoms with Gasteiger partial charge in [-0.3, -0.25) is 0 Å². The molecule has 0 spiro atoms. The average molecular weight is 394 g/mol. The highest BCUT2D eigenvalue weighted by Crippen LogP contribution is 2.34. The molecule has 1 N–H and O–H groups in total. The van der Waals surface area contributed by atoms with E-state index in [9.17, 15) is 4.39 Å². The number of nitrogens with one attached hydrogen (secondary N) is 1. The minimum Gasteiger partial charge on any atom is -0.460 e. The number of nitrogens with zero attached hydrogens (tertiary/aromatic N) is 3. The second-order valence-electron chi connectivity index (χ2n) is 7.10. The SMILES string of the molecule is C=C1COC(c2nc(-c3ccc(F)cc3)c(-c3ccnc(OC4CC4)n3)[nH]2)OC1. The number of halogens is 1. The predicted molar refractivity (Wildman–Crippen MR) is 102 cm³/mol. The van der Waals surface area contributed by atoms with Crippen LogP contribution >= 0.6 is 0 Å². The molecule has 0 bridgehead atoms. The van der Waals surface area contributed by atoms with E-state index in [0.29, 0.717) is 42.1 Å². The molecule has 0 amide bonds. The molecule has 148 valence electrons. The minimum absolute atomic E-state index is 0.191. The van der Waals surface area contributed by atoms with E-state index in [2.05, 4.69) is 26.5 Å². The van der Waals surface area contributed by atoms with Crippen molar-refractivity contribution in [3.63, 3.8) is 0 Å². The van der Waals surface area contributed by atoms with Crippen LogP contribution in [0.2, 0.25) is 0 Å². The Hall–Kier alpha value is -3.10. The second kappa shape index (κ2) is 7.38. The molecule has 29 heavy (non-hydrogen) atoms. The van der Waals surface area contributed by atoms with Crippen LogP contribution in [0.15, 0.2) is 48.7 Å². The summed E-state index contributed by atoms with van der Waals surface area (Å²) in [7, 11) is 0. The highest BCUT2D eigenvalue weighted by molar-refractivity contribution is 5.76. The van der Waals surface area contributed by atoms with Crippen molar-refractivity contribution >= 4 is 0 Å². The lowest BCUT2D eigenvalue weighted by atomic mass is 10.1. The zero-order chi connectivity index (χ0) is 19.8. The van der Waals surface area contributed by atoms with Crippen molar-refractivity contribution in [3.8, 4) is 28.7 Å². The third kappa shape index (κ3) is 3.90. The molecule has 1 saturated heterocycles. The number of ether oxygens (including phenoxy) is 3. The summed E-state index contributed by atoms with van der Waals surface area (Å²) in [6.45, 7) is 4.66. The maximum Gasteiger partial charge on any atom is 0.317 e. The number of hydrogen-bond donors (Lipinski definition) is 1. The maximum atomic E-state index is 13.4. The van der Waals surface area contributed by atoms with Gasteiger partial charge in [-0.2, -0.15) is 4.98 Å². The first-order chi connectivity index (χ1) is 14.2. The van der Waals surface area contributed by atoms with Gasteiger partial charge in [-0.1, -0.05) is 6.58 Å². The molecule has 8 heteroatoms. The average Bonchev–Trinajstić information content (AvgIpc) is 3.44. The van der Waals surface area contributed by atoms with E-state index in [1.54, 1.807) is 24.4 Å². The number of aromatic amines is 1. The molecule has 2 aromatic heterocycles.